The summed E-state index contributed by atoms with van der Waals surface area (Å²) in [4.78, 5) is 32.7. The SMILES string of the molecule is CN1CCN(c2ccc(-c3cnc4ccc(C=C5SC(=O)NC5=O)nn34)cc2)CC1. The van der Waals surface area contributed by atoms with Crippen LogP contribution in [0.5, 0.6) is 0 Å². The molecule has 9 heteroatoms. The molecule has 2 aliphatic rings. The van der Waals surface area contributed by atoms with Gasteiger partial charge < -0.3 is 9.80 Å². The van der Waals surface area contributed by atoms with Crippen LogP contribution in [-0.2, 0) is 4.79 Å². The number of nitrogens with one attached hydrogen (secondary N) is 1. The molecule has 0 spiro atoms. The third kappa shape index (κ3) is 3.57. The second-order valence-corrected chi connectivity index (χ2v) is 8.38. The first kappa shape index (κ1) is 18.8. The lowest BCUT2D eigenvalue weighted by Gasteiger charge is -2.34. The molecule has 2 aromatic heterocycles. The second kappa shape index (κ2) is 7.58. The minimum Gasteiger partial charge on any atom is -0.369 e. The van der Waals surface area contributed by atoms with Crippen LogP contribution in [0.3, 0.4) is 0 Å². The zero-order valence-electron chi connectivity index (χ0n) is 16.4. The van der Waals surface area contributed by atoms with Gasteiger partial charge in [0.15, 0.2) is 5.65 Å². The van der Waals surface area contributed by atoms with Crippen LogP contribution in [0.2, 0.25) is 0 Å². The van der Waals surface area contributed by atoms with Crippen molar-refractivity contribution in [2.24, 2.45) is 0 Å². The van der Waals surface area contributed by atoms with Gasteiger partial charge in [-0.15, -0.1) is 0 Å². The van der Waals surface area contributed by atoms with Crippen LogP contribution in [-0.4, -0.2) is 63.9 Å². The average molecular weight is 420 g/mol. The lowest BCUT2D eigenvalue weighted by atomic mass is 10.1. The number of likely N-dealkylation sites (N-methyl/N-ethyl adjacent to an activating group) is 1. The fourth-order valence-corrected chi connectivity index (χ4v) is 4.29. The molecule has 0 aliphatic carbocycles. The number of anilines is 1. The fraction of sp³-hybridized carbons (Fsp3) is 0.238. The van der Waals surface area contributed by atoms with E-state index in [1.165, 1.54) is 5.69 Å². The molecule has 8 nitrogen and oxygen atoms in total. The van der Waals surface area contributed by atoms with Crippen molar-refractivity contribution in [1.82, 2.24) is 24.8 Å². The van der Waals surface area contributed by atoms with Gasteiger partial charge in [0.1, 0.15) is 0 Å². The number of imide groups is 1. The third-order valence-corrected chi connectivity index (χ3v) is 6.15. The largest absolute Gasteiger partial charge is 0.369 e. The molecule has 0 bridgehead atoms. The molecule has 1 aromatic carbocycles. The predicted octanol–water partition coefficient (Wildman–Crippen LogP) is 2.47. The summed E-state index contributed by atoms with van der Waals surface area (Å²) in [7, 11) is 2.15. The average Bonchev–Trinajstić information content (AvgIpc) is 3.31. The van der Waals surface area contributed by atoms with Gasteiger partial charge in [-0.3, -0.25) is 14.9 Å². The van der Waals surface area contributed by atoms with Crippen molar-refractivity contribution in [3.05, 3.63) is 53.2 Å². The molecule has 0 radical (unpaired) electrons. The first-order chi connectivity index (χ1) is 14.6. The number of thioether (sulfide) groups is 1. The molecule has 30 heavy (non-hydrogen) atoms. The summed E-state index contributed by atoms with van der Waals surface area (Å²) in [6.45, 7) is 4.19. The van der Waals surface area contributed by atoms with E-state index in [1.54, 1.807) is 22.9 Å². The fourth-order valence-electron chi connectivity index (χ4n) is 3.62. The molecule has 2 aliphatic heterocycles. The third-order valence-electron chi connectivity index (χ3n) is 5.34. The molecule has 0 saturated carbocycles. The number of rotatable bonds is 3. The highest BCUT2D eigenvalue weighted by Gasteiger charge is 2.25. The number of amides is 2. The zero-order chi connectivity index (χ0) is 20.7. The van der Waals surface area contributed by atoms with Crippen LogP contribution in [0.1, 0.15) is 5.69 Å². The number of benzene rings is 1. The molecule has 2 amide bonds. The monoisotopic (exact) mass is 420 g/mol. The van der Waals surface area contributed by atoms with E-state index in [9.17, 15) is 9.59 Å². The molecule has 2 saturated heterocycles. The van der Waals surface area contributed by atoms with Gasteiger partial charge >= 0.3 is 0 Å². The van der Waals surface area contributed by atoms with E-state index >= 15 is 0 Å². The van der Waals surface area contributed by atoms with E-state index < -0.39 is 5.91 Å². The summed E-state index contributed by atoms with van der Waals surface area (Å²) < 4.78 is 1.76. The first-order valence-corrected chi connectivity index (χ1v) is 10.5. The number of hydrogen-bond donors (Lipinski definition) is 1. The molecule has 152 valence electrons. The topological polar surface area (TPSA) is 82.8 Å². The van der Waals surface area contributed by atoms with Crippen molar-refractivity contribution in [2.45, 2.75) is 0 Å². The van der Waals surface area contributed by atoms with E-state index in [-0.39, 0.29) is 5.24 Å². The Bertz CT molecular complexity index is 1160. The van der Waals surface area contributed by atoms with Crippen LogP contribution in [0.25, 0.3) is 23.0 Å². The number of aromatic nitrogens is 3. The Balaban J connectivity index is 1.44. The lowest BCUT2D eigenvalue weighted by Crippen LogP contribution is -2.44. The number of piperazine rings is 1. The quantitative estimate of drug-likeness (QED) is 0.652. The molecular formula is C21H20N6O2S. The number of hydrogen-bond acceptors (Lipinski definition) is 7. The molecule has 3 aromatic rings. The standard InChI is InChI=1S/C21H20N6O2S/c1-25-8-10-26(11-9-25)16-5-2-14(3-6-16)17-13-22-19-7-4-15(24-27(17)19)12-18-20(28)23-21(29)30-18/h2-7,12-13H,8-11H2,1H3,(H,23,28,29). The van der Waals surface area contributed by atoms with Gasteiger partial charge in [0, 0.05) is 37.4 Å². The van der Waals surface area contributed by atoms with Gasteiger partial charge in [0.2, 0.25) is 0 Å². The van der Waals surface area contributed by atoms with Crippen molar-refractivity contribution in [2.75, 3.05) is 38.1 Å². The number of fused-ring (bicyclic) bond motifs is 1. The Kier molecular flexibility index (Phi) is 4.76. The van der Waals surface area contributed by atoms with Gasteiger partial charge in [-0.2, -0.15) is 5.10 Å². The highest BCUT2D eigenvalue weighted by Crippen LogP contribution is 2.27. The normalized spacial score (nSPS) is 19.1. The van der Waals surface area contributed by atoms with Crippen LogP contribution in [0, 0.1) is 0 Å². The molecule has 2 fully saturated rings. The van der Waals surface area contributed by atoms with E-state index in [0.717, 1.165) is 54.8 Å². The van der Waals surface area contributed by atoms with Crippen LogP contribution >= 0.6 is 11.8 Å². The highest BCUT2D eigenvalue weighted by molar-refractivity contribution is 8.18. The van der Waals surface area contributed by atoms with Gasteiger partial charge in [-0.05, 0) is 49.2 Å². The minimum atomic E-state index is -0.391. The Labute approximate surface area is 177 Å². The number of imidazole rings is 1. The number of carbonyl (C=O) groups is 2. The van der Waals surface area contributed by atoms with Gasteiger partial charge in [-0.25, -0.2) is 9.50 Å². The smallest absolute Gasteiger partial charge is 0.290 e. The van der Waals surface area contributed by atoms with Crippen LogP contribution in [0.15, 0.2) is 47.5 Å². The molecule has 0 atom stereocenters. The molecule has 5 rings (SSSR count). The zero-order valence-corrected chi connectivity index (χ0v) is 17.2. The maximum Gasteiger partial charge on any atom is 0.290 e. The first-order valence-electron chi connectivity index (χ1n) is 9.70. The molecule has 1 N–H and O–H groups in total. The maximum absolute atomic E-state index is 11.8. The van der Waals surface area contributed by atoms with Crippen LogP contribution < -0.4 is 10.2 Å². The van der Waals surface area contributed by atoms with Gasteiger partial charge in [0.25, 0.3) is 11.1 Å². The molecular weight excluding hydrogens is 400 g/mol. The maximum atomic E-state index is 11.8. The van der Waals surface area contributed by atoms with Crippen molar-refractivity contribution >= 4 is 40.3 Å². The summed E-state index contributed by atoms with van der Waals surface area (Å²) in [6, 6.07) is 12.1. The van der Waals surface area contributed by atoms with E-state index in [0.29, 0.717) is 10.6 Å². The van der Waals surface area contributed by atoms with Crippen molar-refractivity contribution in [3.8, 4) is 11.3 Å². The number of carbonyl (C=O) groups excluding carboxylic acids is 2. The molecule has 0 unspecified atom stereocenters. The van der Waals surface area contributed by atoms with Crippen molar-refractivity contribution < 1.29 is 9.59 Å². The summed E-state index contributed by atoms with van der Waals surface area (Å²) in [5, 5.41) is 6.50. The van der Waals surface area contributed by atoms with E-state index in [1.807, 2.05) is 6.07 Å². The van der Waals surface area contributed by atoms with Crippen molar-refractivity contribution in [1.29, 1.82) is 0 Å². The summed E-state index contributed by atoms with van der Waals surface area (Å²) in [5.41, 5.74) is 4.40. The summed E-state index contributed by atoms with van der Waals surface area (Å²) in [5.74, 6) is -0.391. The van der Waals surface area contributed by atoms with Crippen LogP contribution in [0.4, 0.5) is 10.5 Å². The Morgan fingerprint density at radius 2 is 1.80 bits per heavy atom. The highest BCUT2D eigenvalue weighted by atomic mass is 32.2. The lowest BCUT2D eigenvalue weighted by molar-refractivity contribution is -0.115. The minimum absolute atomic E-state index is 0.338. The summed E-state index contributed by atoms with van der Waals surface area (Å²) >= 11 is 0.881. The Morgan fingerprint density at radius 1 is 1.03 bits per heavy atom. The Morgan fingerprint density at radius 3 is 2.50 bits per heavy atom. The summed E-state index contributed by atoms with van der Waals surface area (Å²) in [6.07, 6.45) is 3.41. The van der Waals surface area contributed by atoms with Crippen molar-refractivity contribution in [3.63, 3.8) is 0 Å². The second-order valence-electron chi connectivity index (χ2n) is 7.36. The molecule has 4 heterocycles. The number of nitrogens with zero attached hydrogens (tertiary/aromatic N) is 5. The predicted molar refractivity (Wildman–Crippen MR) is 117 cm³/mol. The van der Waals surface area contributed by atoms with Gasteiger partial charge in [-0.1, -0.05) is 12.1 Å². The Hall–Kier alpha value is -3.17. The van der Waals surface area contributed by atoms with E-state index in [4.69, 9.17) is 0 Å². The van der Waals surface area contributed by atoms with Gasteiger partial charge in [0.05, 0.1) is 22.5 Å². The van der Waals surface area contributed by atoms with E-state index in [2.05, 4.69) is 56.5 Å².